The number of hydrogen-bond donors (Lipinski definition) is 0. The normalized spacial score (nSPS) is 21.0. The summed E-state index contributed by atoms with van der Waals surface area (Å²) in [6, 6.07) is 14.8. The van der Waals surface area contributed by atoms with Crippen LogP contribution in [0.1, 0.15) is 19.3 Å². The molecular formula is C23H28FN3O3S. The van der Waals surface area contributed by atoms with Gasteiger partial charge in [-0.25, -0.2) is 12.8 Å². The molecule has 4 rings (SSSR count). The van der Waals surface area contributed by atoms with Crippen LogP contribution in [0.15, 0.2) is 59.5 Å². The molecule has 0 saturated carbocycles. The Hall–Kier alpha value is -2.45. The van der Waals surface area contributed by atoms with Gasteiger partial charge in [-0.2, -0.15) is 4.31 Å². The Morgan fingerprint density at radius 2 is 1.61 bits per heavy atom. The van der Waals surface area contributed by atoms with Crippen LogP contribution in [0.5, 0.6) is 0 Å². The second-order valence-corrected chi connectivity index (χ2v) is 10.1. The molecule has 0 aromatic heterocycles. The minimum absolute atomic E-state index is 0.0360. The quantitative estimate of drug-likeness (QED) is 0.726. The van der Waals surface area contributed by atoms with Crippen molar-refractivity contribution in [3.05, 3.63) is 60.4 Å². The predicted molar refractivity (Wildman–Crippen MR) is 118 cm³/mol. The number of sulfonamides is 1. The van der Waals surface area contributed by atoms with Gasteiger partial charge in [0.15, 0.2) is 0 Å². The fourth-order valence-electron chi connectivity index (χ4n) is 4.41. The Bertz CT molecular complexity index is 998. The molecule has 2 aromatic rings. The first-order valence-corrected chi connectivity index (χ1v) is 12.2. The molecule has 8 heteroatoms. The van der Waals surface area contributed by atoms with Crippen LogP contribution in [-0.2, 0) is 14.8 Å². The van der Waals surface area contributed by atoms with Gasteiger partial charge in [-0.1, -0.05) is 18.2 Å². The minimum Gasteiger partial charge on any atom is -0.370 e. The van der Waals surface area contributed by atoms with Crippen molar-refractivity contribution in [2.75, 3.05) is 44.2 Å². The van der Waals surface area contributed by atoms with E-state index in [1.165, 1.54) is 16.4 Å². The molecule has 2 aliphatic heterocycles. The summed E-state index contributed by atoms with van der Waals surface area (Å²) in [6.45, 7) is 3.38. The zero-order chi connectivity index (χ0) is 21.8. The molecule has 2 heterocycles. The van der Waals surface area contributed by atoms with E-state index in [-0.39, 0.29) is 29.1 Å². The number of anilines is 1. The summed E-state index contributed by atoms with van der Waals surface area (Å²) in [5, 5.41) is 0. The average Bonchev–Trinajstić information content (AvgIpc) is 3.06. The molecule has 0 bridgehead atoms. The third-order valence-corrected chi connectivity index (χ3v) is 7.99. The van der Waals surface area contributed by atoms with Gasteiger partial charge in [0.05, 0.1) is 10.8 Å². The van der Waals surface area contributed by atoms with Crippen LogP contribution in [0, 0.1) is 11.7 Å². The van der Waals surface area contributed by atoms with E-state index in [0.717, 1.165) is 18.7 Å². The number of amides is 1. The first-order chi connectivity index (χ1) is 14.9. The highest BCUT2D eigenvalue weighted by Gasteiger charge is 2.35. The number of rotatable bonds is 4. The van der Waals surface area contributed by atoms with Gasteiger partial charge in [-0.05, 0) is 55.7 Å². The largest absolute Gasteiger partial charge is 0.370 e. The third-order valence-electron chi connectivity index (χ3n) is 6.11. The summed E-state index contributed by atoms with van der Waals surface area (Å²) in [7, 11) is -3.59. The fourth-order valence-corrected chi connectivity index (χ4v) is 5.95. The van der Waals surface area contributed by atoms with Crippen molar-refractivity contribution in [2.24, 2.45) is 5.92 Å². The Morgan fingerprint density at radius 1 is 0.871 bits per heavy atom. The summed E-state index contributed by atoms with van der Waals surface area (Å²) >= 11 is 0. The van der Waals surface area contributed by atoms with Gasteiger partial charge in [0.1, 0.15) is 5.82 Å². The van der Waals surface area contributed by atoms with E-state index in [1.54, 1.807) is 42.5 Å². The molecule has 2 aromatic carbocycles. The molecule has 0 radical (unpaired) electrons. The van der Waals surface area contributed by atoms with E-state index >= 15 is 0 Å². The Labute approximate surface area is 183 Å². The smallest absolute Gasteiger partial charge is 0.243 e. The number of benzene rings is 2. The van der Waals surface area contributed by atoms with Crippen LogP contribution in [0.4, 0.5) is 10.1 Å². The predicted octanol–water partition coefficient (Wildman–Crippen LogP) is 2.97. The van der Waals surface area contributed by atoms with Crippen molar-refractivity contribution in [3.8, 4) is 0 Å². The second-order valence-electron chi connectivity index (χ2n) is 8.16. The molecule has 2 fully saturated rings. The van der Waals surface area contributed by atoms with Gasteiger partial charge in [0.2, 0.25) is 15.9 Å². The maximum atomic E-state index is 13.2. The van der Waals surface area contributed by atoms with Gasteiger partial charge >= 0.3 is 0 Å². The molecule has 31 heavy (non-hydrogen) atoms. The van der Waals surface area contributed by atoms with Gasteiger partial charge in [0, 0.05) is 45.0 Å². The highest BCUT2D eigenvalue weighted by molar-refractivity contribution is 7.89. The highest BCUT2D eigenvalue weighted by Crippen LogP contribution is 2.26. The molecular weight excluding hydrogens is 417 g/mol. The maximum absolute atomic E-state index is 13.2. The SMILES string of the molecule is O=C(C1CCCN(S(=O)(=O)c2ccccc2)C1)N1CCCN(c2ccc(F)cc2)CC1. The second kappa shape index (κ2) is 9.36. The van der Waals surface area contributed by atoms with Crippen molar-refractivity contribution in [1.29, 1.82) is 0 Å². The lowest BCUT2D eigenvalue weighted by molar-refractivity contribution is -0.136. The number of carbonyl (C=O) groups excluding carboxylic acids is 1. The summed E-state index contributed by atoms with van der Waals surface area (Å²) in [5.41, 5.74) is 0.952. The fraction of sp³-hybridized carbons (Fsp3) is 0.435. The maximum Gasteiger partial charge on any atom is 0.243 e. The molecule has 0 spiro atoms. The standard InChI is InChI=1S/C23H28FN3O3S/c24-20-9-11-21(12-10-20)25-13-5-14-26(17-16-25)23(28)19-6-4-15-27(18-19)31(29,30)22-7-2-1-3-8-22/h1-3,7-12,19H,4-6,13-18H2. The van der Waals surface area contributed by atoms with Gasteiger partial charge in [-0.15, -0.1) is 0 Å². The van der Waals surface area contributed by atoms with E-state index in [0.29, 0.717) is 39.0 Å². The zero-order valence-electron chi connectivity index (χ0n) is 17.5. The molecule has 1 atom stereocenters. The minimum atomic E-state index is -3.59. The topological polar surface area (TPSA) is 60.9 Å². The van der Waals surface area contributed by atoms with Crippen molar-refractivity contribution in [2.45, 2.75) is 24.2 Å². The molecule has 1 amide bonds. The summed E-state index contributed by atoms with van der Waals surface area (Å²) < 4.78 is 40.6. The van der Waals surface area contributed by atoms with Crippen LogP contribution < -0.4 is 4.90 Å². The van der Waals surface area contributed by atoms with E-state index in [9.17, 15) is 17.6 Å². The third kappa shape index (κ3) is 4.91. The summed E-state index contributed by atoms with van der Waals surface area (Å²) in [5.74, 6) is -0.541. The van der Waals surface area contributed by atoms with Crippen molar-refractivity contribution >= 4 is 21.6 Å². The Balaban J connectivity index is 1.40. The van der Waals surface area contributed by atoms with Crippen molar-refractivity contribution in [1.82, 2.24) is 9.21 Å². The molecule has 166 valence electrons. The number of piperidine rings is 1. The van der Waals surface area contributed by atoms with Gasteiger partial charge < -0.3 is 9.80 Å². The number of halogens is 1. The molecule has 2 aliphatic rings. The zero-order valence-corrected chi connectivity index (χ0v) is 18.3. The number of carbonyl (C=O) groups is 1. The molecule has 0 N–H and O–H groups in total. The van der Waals surface area contributed by atoms with E-state index in [4.69, 9.17) is 0 Å². The first-order valence-electron chi connectivity index (χ1n) is 10.8. The number of hydrogen-bond acceptors (Lipinski definition) is 4. The van der Waals surface area contributed by atoms with Crippen LogP contribution in [0.2, 0.25) is 0 Å². The lowest BCUT2D eigenvalue weighted by atomic mass is 9.98. The lowest BCUT2D eigenvalue weighted by Crippen LogP contribution is -2.47. The van der Waals surface area contributed by atoms with E-state index < -0.39 is 10.0 Å². The van der Waals surface area contributed by atoms with Gasteiger partial charge in [-0.3, -0.25) is 4.79 Å². The van der Waals surface area contributed by atoms with Crippen LogP contribution in [-0.4, -0.2) is 62.8 Å². The van der Waals surface area contributed by atoms with Crippen molar-refractivity contribution in [3.63, 3.8) is 0 Å². The Morgan fingerprint density at radius 3 is 2.35 bits per heavy atom. The first kappa shape index (κ1) is 21.8. The molecule has 1 unspecified atom stereocenters. The Kier molecular flexibility index (Phi) is 6.57. The van der Waals surface area contributed by atoms with Crippen LogP contribution in [0.3, 0.4) is 0 Å². The van der Waals surface area contributed by atoms with Crippen molar-refractivity contribution < 1.29 is 17.6 Å². The lowest BCUT2D eigenvalue weighted by Gasteiger charge is -2.34. The summed E-state index contributed by atoms with van der Waals surface area (Å²) in [6.07, 6.45) is 2.21. The van der Waals surface area contributed by atoms with Crippen LogP contribution >= 0.6 is 0 Å². The monoisotopic (exact) mass is 445 g/mol. The van der Waals surface area contributed by atoms with E-state index in [1.807, 2.05) is 4.90 Å². The average molecular weight is 446 g/mol. The van der Waals surface area contributed by atoms with E-state index in [2.05, 4.69) is 4.90 Å². The molecule has 0 aliphatic carbocycles. The highest BCUT2D eigenvalue weighted by atomic mass is 32.2. The van der Waals surface area contributed by atoms with Gasteiger partial charge in [0.25, 0.3) is 0 Å². The summed E-state index contributed by atoms with van der Waals surface area (Å²) in [4.78, 5) is 17.5. The van der Waals surface area contributed by atoms with Crippen LogP contribution in [0.25, 0.3) is 0 Å². The molecule has 2 saturated heterocycles. The molecule has 6 nitrogen and oxygen atoms in total. The number of nitrogens with zero attached hydrogens (tertiary/aromatic N) is 3.